The van der Waals surface area contributed by atoms with Crippen molar-refractivity contribution in [2.75, 3.05) is 40.9 Å². The molecule has 0 aliphatic heterocycles. The molecular weight excluding hydrogens is 948 g/mol. The van der Waals surface area contributed by atoms with E-state index in [-0.39, 0.29) is 12.5 Å². The lowest BCUT2D eigenvalue weighted by molar-refractivity contribution is -0.870. The maximum atomic E-state index is 13.0. The van der Waals surface area contributed by atoms with Crippen molar-refractivity contribution in [1.29, 1.82) is 0 Å². The van der Waals surface area contributed by atoms with Crippen LogP contribution in [-0.2, 0) is 18.4 Å². The summed E-state index contributed by atoms with van der Waals surface area (Å²) in [6, 6.07) is -0.913. The lowest BCUT2D eigenvalue weighted by atomic mass is 10.0. The van der Waals surface area contributed by atoms with E-state index in [1.165, 1.54) is 212 Å². The first kappa shape index (κ1) is 72.9. The minimum atomic E-state index is -4.61. The molecule has 0 saturated heterocycles. The first-order chi connectivity index (χ1) is 36.5. The standard InChI is InChI=1S/C66H123N2O6P/c1-6-8-10-12-14-16-18-20-22-24-26-28-30-31-32-33-34-35-36-37-38-40-42-44-46-48-50-52-54-56-58-60-66(70)67-64(63-74-75(71,72)73-62-61-68(3,4)5)65(69)59-57-55-53-51-49-47-45-43-41-39-29-27-25-23-21-19-17-15-13-11-9-7-2/h18,20,24,26,30-31,41,43,49,51,57,59,64-65,69H,6-17,19,21-23,25,27-29,32-40,42,44-48,50,52-56,58,60-63H2,1-5H3,(H-,67,70,71,72)/b20-18-,26-24-,31-30-,43-41+,51-49+,59-57+. The van der Waals surface area contributed by atoms with Crippen molar-refractivity contribution >= 4 is 13.7 Å². The van der Waals surface area contributed by atoms with E-state index in [1.807, 2.05) is 27.2 Å². The second-order valence-corrected chi connectivity index (χ2v) is 24.2. The Balaban J connectivity index is 4.17. The van der Waals surface area contributed by atoms with E-state index in [4.69, 9.17) is 9.05 Å². The third kappa shape index (κ3) is 59.4. The van der Waals surface area contributed by atoms with Crippen LogP contribution in [-0.4, -0.2) is 68.5 Å². The molecule has 0 aliphatic rings. The minimum absolute atomic E-state index is 0.0105. The van der Waals surface area contributed by atoms with Crippen LogP contribution < -0.4 is 10.2 Å². The number of carbonyl (C=O) groups is 1. The Morgan fingerprint density at radius 2 is 0.787 bits per heavy atom. The number of aliphatic hydroxyl groups excluding tert-OH is 1. The van der Waals surface area contributed by atoms with Crippen LogP contribution in [0.1, 0.15) is 290 Å². The molecule has 0 aromatic heterocycles. The highest BCUT2D eigenvalue weighted by Gasteiger charge is 2.23. The number of amides is 1. The number of quaternary nitrogens is 1. The van der Waals surface area contributed by atoms with E-state index >= 15 is 0 Å². The number of likely N-dealkylation sites (N-methyl/N-ethyl adjacent to an activating group) is 1. The predicted octanol–water partition coefficient (Wildman–Crippen LogP) is 19.2. The lowest BCUT2D eigenvalue weighted by Gasteiger charge is -2.29. The number of allylic oxidation sites excluding steroid dienone is 11. The van der Waals surface area contributed by atoms with Crippen molar-refractivity contribution in [1.82, 2.24) is 5.32 Å². The molecule has 0 spiro atoms. The van der Waals surface area contributed by atoms with Crippen LogP contribution in [0.15, 0.2) is 72.9 Å². The lowest BCUT2D eigenvalue weighted by Crippen LogP contribution is -2.45. The van der Waals surface area contributed by atoms with Gasteiger partial charge < -0.3 is 28.8 Å². The first-order valence-electron chi connectivity index (χ1n) is 31.8. The number of phosphoric ester groups is 1. The summed E-state index contributed by atoms with van der Waals surface area (Å²) in [6.07, 6.45) is 78.6. The molecule has 0 fully saturated rings. The molecule has 8 nitrogen and oxygen atoms in total. The number of nitrogens with one attached hydrogen (secondary N) is 1. The van der Waals surface area contributed by atoms with Crippen molar-refractivity contribution in [3.63, 3.8) is 0 Å². The molecule has 0 rings (SSSR count). The summed E-state index contributed by atoms with van der Waals surface area (Å²) in [7, 11) is 1.24. The Hall–Kier alpha value is -2.06. The van der Waals surface area contributed by atoms with Gasteiger partial charge in [0.25, 0.3) is 7.82 Å². The molecule has 0 aromatic rings. The number of unbranched alkanes of at least 4 members (excludes halogenated alkanes) is 35. The average Bonchev–Trinajstić information content (AvgIpc) is 3.37. The number of hydrogen-bond donors (Lipinski definition) is 2. The van der Waals surface area contributed by atoms with E-state index in [0.29, 0.717) is 17.4 Å². The fourth-order valence-corrected chi connectivity index (χ4v) is 9.86. The zero-order valence-electron chi connectivity index (χ0n) is 50.0. The highest BCUT2D eigenvalue weighted by Crippen LogP contribution is 2.38. The largest absolute Gasteiger partial charge is 0.756 e. The van der Waals surface area contributed by atoms with Crippen LogP contribution >= 0.6 is 7.82 Å². The van der Waals surface area contributed by atoms with Gasteiger partial charge in [0.1, 0.15) is 13.2 Å². The van der Waals surface area contributed by atoms with Crippen LogP contribution in [0.25, 0.3) is 0 Å². The van der Waals surface area contributed by atoms with Crippen LogP contribution in [0, 0.1) is 0 Å². The second-order valence-electron chi connectivity index (χ2n) is 22.7. The Morgan fingerprint density at radius 1 is 0.467 bits per heavy atom. The number of nitrogens with zero attached hydrogens (tertiary/aromatic N) is 1. The molecule has 9 heteroatoms. The zero-order chi connectivity index (χ0) is 54.9. The summed E-state index contributed by atoms with van der Waals surface area (Å²) in [5, 5.41) is 13.9. The van der Waals surface area contributed by atoms with Crippen molar-refractivity contribution in [3.05, 3.63) is 72.9 Å². The van der Waals surface area contributed by atoms with Gasteiger partial charge in [0.05, 0.1) is 39.9 Å². The summed E-state index contributed by atoms with van der Waals surface area (Å²) < 4.78 is 23.4. The van der Waals surface area contributed by atoms with Gasteiger partial charge in [0.2, 0.25) is 5.91 Å². The van der Waals surface area contributed by atoms with E-state index < -0.39 is 26.6 Å². The monoisotopic (exact) mass is 1070 g/mol. The normalized spacial score (nSPS) is 14.3. The summed E-state index contributed by atoms with van der Waals surface area (Å²) in [5.74, 6) is -0.210. The van der Waals surface area contributed by atoms with Gasteiger partial charge in [0.15, 0.2) is 0 Å². The molecule has 0 radical (unpaired) electrons. The summed E-state index contributed by atoms with van der Waals surface area (Å²) in [4.78, 5) is 25.6. The summed E-state index contributed by atoms with van der Waals surface area (Å²) in [6.45, 7) is 4.63. The number of hydrogen-bond acceptors (Lipinski definition) is 6. The van der Waals surface area contributed by atoms with Gasteiger partial charge in [-0.15, -0.1) is 0 Å². The molecule has 0 heterocycles. The third-order valence-corrected chi connectivity index (χ3v) is 15.1. The van der Waals surface area contributed by atoms with Crippen molar-refractivity contribution in [3.8, 4) is 0 Å². The van der Waals surface area contributed by atoms with Crippen LogP contribution in [0.3, 0.4) is 0 Å². The van der Waals surface area contributed by atoms with Gasteiger partial charge in [-0.05, 0) is 83.5 Å². The van der Waals surface area contributed by atoms with Crippen molar-refractivity contribution in [2.24, 2.45) is 0 Å². The van der Waals surface area contributed by atoms with E-state index in [2.05, 4.69) is 79.9 Å². The maximum absolute atomic E-state index is 13.0. The molecule has 3 atom stereocenters. The quantitative estimate of drug-likeness (QED) is 0.0272. The molecule has 0 aromatic carbocycles. The van der Waals surface area contributed by atoms with E-state index in [0.717, 1.165) is 57.8 Å². The Labute approximate surface area is 465 Å². The van der Waals surface area contributed by atoms with Crippen molar-refractivity contribution in [2.45, 2.75) is 302 Å². The Morgan fingerprint density at radius 3 is 1.17 bits per heavy atom. The molecule has 2 N–H and O–H groups in total. The molecule has 0 aliphatic carbocycles. The highest BCUT2D eigenvalue weighted by molar-refractivity contribution is 7.45. The fraction of sp³-hybridized carbons (Fsp3) is 0.803. The van der Waals surface area contributed by atoms with Gasteiger partial charge in [-0.2, -0.15) is 0 Å². The fourth-order valence-electron chi connectivity index (χ4n) is 9.14. The van der Waals surface area contributed by atoms with Crippen LogP contribution in [0.2, 0.25) is 0 Å². The van der Waals surface area contributed by atoms with E-state index in [9.17, 15) is 19.4 Å². The maximum Gasteiger partial charge on any atom is 0.268 e. The molecule has 438 valence electrons. The predicted molar refractivity (Wildman–Crippen MR) is 325 cm³/mol. The number of aliphatic hydroxyl groups is 1. The van der Waals surface area contributed by atoms with Gasteiger partial charge >= 0.3 is 0 Å². The third-order valence-electron chi connectivity index (χ3n) is 14.1. The molecule has 3 unspecified atom stereocenters. The number of phosphoric acid groups is 1. The van der Waals surface area contributed by atoms with Crippen LogP contribution in [0.5, 0.6) is 0 Å². The summed E-state index contributed by atoms with van der Waals surface area (Å²) in [5.41, 5.74) is 0. The molecular formula is C66H123N2O6P. The Kier molecular flexibility index (Phi) is 55.1. The molecule has 1 amide bonds. The minimum Gasteiger partial charge on any atom is -0.756 e. The van der Waals surface area contributed by atoms with Crippen molar-refractivity contribution < 1.29 is 32.9 Å². The Bertz CT molecular complexity index is 1450. The van der Waals surface area contributed by atoms with Gasteiger partial charge in [-0.25, -0.2) is 0 Å². The van der Waals surface area contributed by atoms with Crippen LogP contribution in [0.4, 0.5) is 0 Å². The van der Waals surface area contributed by atoms with E-state index in [1.54, 1.807) is 6.08 Å². The number of rotatable bonds is 58. The van der Waals surface area contributed by atoms with Gasteiger partial charge in [-0.3, -0.25) is 9.36 Å². The first-order valence-corrected chi connectivity index (χ1v) is 33.3. The summed E-state index contributed by atoms with van der Waals surface area (Å²) >= 11 is 0. The number of carbonyl (C=O) groups excluding carboxylic acids is 1. The second kappa shape index (κ2) is 56.7. The zero-order valence-corrected chi connectivity index (χ0v) is 50.9. The smallest absolute Gasteiger partial charge is 0.268 e. The molecule has 75 heavy (non-hydrogen) atoms. The molecule has 0 saturated carbocycles. The topological polar surface area (TPSA) is 108 Å². The average molecular weight is 1070 g/mol. The SMILES string of the molecule is CCCCCCC/C=C\C/C=C\C/C=C\CCCCCCCCCCCCCCCCCCC(=O)NC(COP(=O)([O-])OCC[N+](C)(C)C)C(O)/C=C/CC/C=C/CC/C=C/CCCCCCCCCCCCCC. The molecule has 0 bridgehead atoms. The highest BCUT2D eigenvalue weighted by atomic mass is 31.2. The van der Waals surface area contributed by atoms with Gasteiger partial charge in [0, 0.05) is 6.42 Å². The van der Waals surface area contributed by atoms with Gasteiger partial charge in [-0.1, -0.05) is 273 Å².